The van der Waals surface area contributed by atoms with Crippen LogP contribution in [0.1, 0.15) is 26.5 Å². The second-order valence-electron chi connectivity index (χ2n) is 6.90. The number of hydrogen-bond acceptors (Lipinski definition) is 10. The van der Waals surface area contributed by atoms with E-state index in [0.717, 1.165) is 17.5 Å². The highest BCUT2D eigenvalue weighted by Crippen LogP contribution is 2.34. The quantitative estimate of drug-likeness (QED) is 0.452. The smallest absolute Gasteiger partial charge is 0.284 e. The van der Waals surface area contributed by atoms with Crippen LogP contribution >= 0.6 is 11.3 Å². The van der Waals surface area contributed by atoms with E-state index in [1.165, 1.54) is 11.3 Å². The summed E-state index contributed by atoms with van der Waals surface area (Å²) in [5, 5.41) is 17.4. The zero-order valence-electron chi connectivity index (χ0n) is 16.9. The predicted octanol–water partition coefficient (Wildman–Crippen LogP) is 2.89. The fraction of sp³-hybridized carbons (Fsp3) is 0.150. The van der Waals surface area contributed by atoms with Gasteiger partial charge < -0.3 is 4.90 Å². The molecule has 0 aliphatic carbocycles. The SMILES string of the molecule is Cc1sc(N(Cc2cccc3nonc23)c2ccc(C#N)cc2)nc1C(=O)NS(C)(=O)=O. The molecular weight excluding hydrogens is 452 g/mol. The van der Waals surface area contributed by atoms with Crippen molar-refractivity contribution >= 4 is 49.1 Å². The van der Waals surface area contributed by atoms with Gasteiger partial charge in [-0.25, -0.2) is 22.8 Å². The van der Waals surface area contributed by atoms with Crippen LogP contribution in [0.4, 0.5) is 10.8 Å². The van der Waals surface area contributed by atoms with Gasteiger partial charge in [0.25, 0.3) is 5.91 Å². The van der Waals surface area contributed by atoms with Crippen molar-refractivity contribution in [1.82, 2.24) is 20.0 Å². The summed E-state index contributed by atoms with van der Waals surface area (Å²) >= 11 is 1.24. The van der Waals surface area contributed by atoms with Crippen LogP contribution in [0.15, 0.2) is 47.1 Å². The van der Waals surface area contributed by atoms with E-state index < -0.39 is 15.9 Å². The summed E-state index contributed by atoms with van der Waals surface area (Å²) in [6, 6.07) is 14.5. The molecule has 162 valence electrons. The van der Waals surface area contributed by atoms with Crippen LogP contribution in [0, 0.1) is 18.3 Å². The fourth-order valence-corrected chi connectivity index (χ4v) is 4.43. The van der Waals surface area contributed by atoms with Gasteiger partial charge in [-0.1, -0.05) is 12.1 Å². The lowest BCUT2D eigenvalue weighted by Crippen LogP contribution is -2.30. The molecule has 0 saturated carbocycles. The number of benzene rings is 2. The normalized spacial score (nSPS) is 11.3. The maximum Gasteiger partial charge on any atom is 0.284 e. The van der Waals surface area contributed by atoms with Crippen LogP contribution in [-0.2, 0) is 16.6 Å². The minimum Gasteiger partial charge on any atom is -0.313 e. The van der Waals surface area contributed by atoms with Gasteiger partial charge in [-0.05, 0) is 47.6 Å². The molecule has 0 aliphatic rings. The molecule has 2 aromatic heterocycles. The molecule has 12 heteroatoms. The summed E-state index contributed by atoms with van der Waals surface area (Å²) in [5.74, 6) is -0.796. The standard InChI is InChI=1S/C20H16N6O4S2/c1-12-17(19(27)25-32(2,28)29)22-20(31-12)26(15-8-6-13(10-21)7-9-15)11-14-4-3-5-16-18(14)24-30-23-16/h3-9H,11H2,1-2H3,(H,25,27). The Morgan fingerprint density at radius 2 is 1.97 bits per heavy atom. The van der Waals surface area contributed by atoms with Gasteiger partial charge >= 0.3 is 0 Å². The Balaban J connectivity index is 1.77. The van der Waals surface area contributed by atoms with Gasteiger partial charge in [-0.2, -0.15) is 5.26 Å². The Bertz CT molecular complexity index is 1450. The molecule has 2 heterocycles. The number of aryl methyl sites for hydroxylation is 1. The molecule has 4 rings (SSSR count). The Hall–Kier alpha value is -3.82. The molecule has 0 unspecified atom stereocenters. The Morgan fingerprint density at radius 3 is 2.66 bits per heavy atom. The topological polar surface area (TPSA) is 142 Å². The molecule has 32 heavy (non-hydrogen) atoms. The van der Waals surface area contributed by atoms with E-state index >= 15 is 0 Å². The number of fused-ring (bicyclic) bond motifs is 1. The van der Waals surface area contributed by atoms with Gasteiger partial charge in [0.1, 0.15) is 16.7 Å². The van der Waals surface area contributed by atoms with E-state index in [1.807, 2.05) is 21.8 Å². The number of nitriles is 1. The average Bonchev–Trinajstić information content (AvgIpc) is 3.38. The molecule has 0 aliphatic heterocycles. The van der Waals surface area contributed by atoms with E-state index in [0.29, 0.717) is 33.2 Å². The highest BCUT2D eigenvalue weighted by atomic mass is 32.2. The van der Waals surface area contributed by atoms with Crippen LogP contribution in [-0.4, -0.2) is 35.9 Å². The van der Waals surface area contributed by atoms with E-state index in [1.54, 1.807) is 37.3 Å². The summed E-state index contributed by atoms with van der Waals surface area (Å²) in [6.07, 6.45) is 0.906. The molecule has 0 bridgehead atoms. The monoisotopic (exact) mass is 468 g/mol. The summed E-state index contributed by atoms with van der Waals surface area (Å²) in [6.45, 7) is 2.01. The van der Waals surface area contributed by atoms with Gasteiger partial charge in [-0.15, -0.1) is 11.3 Å². The predicted molar refractivity (Wildman–Crippen MR) is 118 cm³/mol. The molecular formula is C20H16N6O4S2. The number of hydrogen-bond donors (Lipinski definition) is 1. The number of nitrogens with zero attached hydrogens (tertiary/aromatic N) is 5. The summed E-state index contributed by atoms with van der Waals surface area (Å²) in [5.41, 5.74) is 3.25. The minimum absolute atomic E-state index is 0.0235. The van der Waals surface area contributed by atoms with Crippen LogP contribution in [0.3, 0.4) is 0 Å². The molecule has 0 saturated heterocycles. The summed E-state index contributed by atoms with van der Waals surface area (Å²) < 4.78 is 29.7. The van der Waals surface area contributed by atoms with Crippen LogP contribution in [0.5, 0.6) is 0 Å². The number of anilines is 2. The van der Waals surface area contributed by atoms with Gasteiger partial charge in [0.15, 0.2) is 5.13 Å². The summed E-state index contributed by atoms with van der Waals surface area (Å²) in [4.78, 5) is 19.2. The van der Waals surface area contributed by atoms with Crippen molar-refractivity contribution in [3.8, 4) is 6.07 Å². The third-order valence-electron chi connectivity index (χ3n) is 4.52. The number of sulfonamides is 1. The van der Waals surface area contributed by atoms with Crippen molar-refractivity contribution in [2.24, 2.45) is 0 Å². The average molecular weight is 469 g/mol. The largest absolute Gasteiger partial charge is 0.313 e. The zero-order chi connectivity index (χ0) is 22.9. The summed E-state index contributed by atoms with van der Waals surface area (Å²) in [7, 11) is -3.73. The lowest BCUT2D eigenvalue weighted by molar-refractivity contribution is 0.0977. The second-order valence-corrected chi connectivity index (χ2v) is 9.83. The minimum atomic E-state index is -3.73. The number of rotatable bonds is 6. The molecule has 4 aromatic rings. The number of carbonyl (C=O) groups is 1. The van der Waals surface area contributed by atoms with Crippen molar-refractivity contribution in [3.05, 3.63) is 64.2 Å². The first-order valence-corrected chi connectivity index (χ1v) is 11.9. The molecule has 10 nitrogen and oxygen atoms in total. The van der Waals surface area contributed by atoms with Crippen molar-refractivity contribution in [1.29, 1.82) is 5.26 Å². The fourth-order valence-electron chi connectivity index (χ4n) is 3.07. The van der Waals surface area contributed by atoms with E-state index in [-0.39, 0.29) is 5.69 Å². The first-order valence-electron chi connectivity index (χ1n) is 9.22. The maximum absolute atomic E-state index is 12.4. The molecule has 0 atom stereocenters. The Morgan fingerprint density at radius 1 is 1.22 bits per heavy atom. The lowest BCUT2D eigenvalue weighted by atomic mass is 10.1. The van der Waals surface area contributed by atoms with Gasteiger partial charge in [0.05, 0.1) is 24.4 Å². The van der Waals surface area contributed by atoms with Crippen molar-refractivity contribution in [3.63, 3.8) is 0 Å². The first kappa shape index (κ1) is 21.4. The lowest BCUT2D eigenvalue weighted by Gasteiger charge is -2.22. The van der Waals surface area contributed by atoms with Crippen LogP contribution in [0.2, 0.25) is 0 Å². The molecule has 1 N–H and O–H groups in total. The molecule has 0 radical (unpaired) electrons. The third kappa shape index (κ3) is 4.43. The number of carbonyl (C=O) groups excluding carboxylic acids is 1. The van der Waals surface area contributed by atoms with E-state index in [9.17, 15) is 13.2 Å². The Kier molecular flexibility index (Phi) is 5.60. The second kappa shape index (κ2) is 8.37. The Labute approximate surface area is 187 Å². The van der Waals surface area contributed by atoms with Gasteiger partial charge in [-0.3, -0.25) is 4.79 Å². The van der Waals surface area contributed by atoms with Crippen molar-refractivity contribution in [2.45, 2.75) is 13.5 Å². The maximum atomic E-state index is 12.4. The molecule has 0 spiro atoms. The van der Waals surface area contributed by atoms with Crippen molar-refractivity contribution in [2.75, 3.05) is 11.2 Å². The highest BCUT2D eigenvalue weighted by Gasteiger charge is 2.23. The van der Waals surface area contributed by atoms with Gasteiger partial charge in [0.2, 0.25) is 10.0 Å². The number of aromatic nitrogens is 3. The highest BCUT2D eigenvalue weighted by molar-refractivity contribution is 7.89. The van der Waals surface area contributed by atoms with E-state index in [2.05, 4.69) is 21.4 Å². The van der Waals surface area contributed by atoms with Gasteiger partial charge in [0, 0.05) is 16.1 Å². The third-order valence-corrected chi connectivity index (χ3v) is 6.07. The molecule has 2 aromatic carbocycles. The number of nitrogens with one attached hydrogen (secondary N) is 1. The van der Waals surface area contributed by atoms with E-state index in [4.69, 9.17) is 9.89 Å². The first-order chi connectivity index (χ1) is 15.2. The zero-order valence-corrected chi connectivity index (χ0v) is 18.6. The number of thiazole rings is 1. The van der Waals surface area contributed by atoms with Crippen LogP contribution in [0.25, 0.3) is 11.0 Å². The molecule has 1 amide bonds. The molecule has 0 fully saturated rings. The number of amides is 1. The van der Waals surface area contributed by atoms with Crippen molar-refractivity contribution < 1.29 is 17.8 Å². The van der Waals surface area contributed by atoms with Crippen LogP contribution < -0.4 is 9.62 Å².